The van der Waals surface area contributed by atoms with E-state index in [-0.39, 0.29) is 0 Å². The average Bonchev–Trinajstić information content (AvgIpc) is 3.69. The molecule has 12 nitrogen and oxygen atoms in total. The second kappa shape index (κ2) is 21.7. The van der Waals surface area contributed by atoms with Crippen LogP contribution in [0, 0.1) is 0 Å². The van der Waals surface area contributed by atoms with E-state index in [0.717, 1.165) is 37.6 Å². The van der Waals surface area contributed by atoms with Crippen LogP contribution in [0.2, 0.25) is 0 Å². The van der Waals surface area contributed by atoms with Crippen molar-refractivity contribution in [2.45, 2.75) is 26.9 Å². The molecule has 4 aromatic carbocycles. The summed E-state index contributed by atoms with van der Waals surface area (Å²) in [4.78, 5) is 13.0. The quantitative estimate of drug-likeness (QED) is 0.0695. The van der Waals surface area contributed by atoms with Gasteiger partial charge < -0.3 is 9.80 Å². The fourth-order valence-corrected chi connectivity index (χ4v) is 5.10. The second-order valence-corrected chi connectivity index (χ2v) is 40.1. The fourth-order valence-electron chi connectivity index (χ4n) is 5.10. The Hall–Kier alpha value is -4.26. The number of benzene rings is 4. The number of aryl methyl sites for hydroxylation is 2. The Labute approximate surface area is 342 Å². The molecule has 0 bridgehead atoms. The van der Waals surface area contributed by atoms with Gasteiger partial charge in [-0.25, -0.2) is 0 Å². The molecule has 0 unspecified atom stereocenters. The van der Waals surface area contributed by atoms with Gasteiger partial charge in [0.15, 0.2) is 0 Å². The van der Waals surface area contributed by atoms with Crippen LogP contribution in [0.5, 0.6) is 0 Å². The Balaban J connectivity index is 0.000000218. The Morgan fingerprint density at radius 3 is 1.15 bits per heavy atom. The minimum absolute atomic E-state index is 0.575. The molecule has 0 amide bonds. The monoisotopic (exact) mass is 874 g/mol. The molecule has 55 heavy (non-hydrogen) atoms. The summed E-state index contributed by atoms with van der Waals surface area (Å²) in [6.07, 6.45) is 3.42. The van der Waals surface area contributed by atoms with Crippen molar-refractivity contribution >= 4 is 73.4 Å². The molecule has 0 atom stereocenters. The summed E-state index contributed by atoms with van der Waals surface area (Å²) in [5.41, 5.74) is 6.57. The number of hydrogen-bond acceptors (Lipinski definition) is 8. The van der Waals surface area contributed by atoms with Crippen molar-refractivity contribution in [1.82, 2.24) is 19.3 Å². The molecule has 17 heteroatoms. The van der Waals surface area contributed by atoms with Gasteiger partial charge in [-0.2, -0.15) is 18.7 Å². The fraction of sp³-hybridized carbons (Fsp3) is 0.263. The van der Waals surface area contributed by atoms with Crippen molar-refractivity contribution in [2.75, 3.05) is 22.9 Å². The van der Waals surface area contributed by atoms with E-state index in [4.69, 9.17) is 38.8 Å². The van der Waals surface area contributed by atoms with Crippen LogP contribution in [-0.2, 0) is 52.1 Å². The summed E-state index contributed by atoms with van der Waals surface area (Å²) >= 11 is 0. The van der Waals surface area contributed by atoms with Crippen LogP contribution in [0.25, 0.3) is 0 Å². The summed E-state index contributed by atoms with van der Waals surface area (Å²) in [6.45, 7) is 8.00. The van der Waals surface area contributed by atoms with Gasteiger partial charge in [0.1, 0.15) is 14.1 Å². The zero-order chi connectivity index (χ0) is 39.8. The predicted molar refractivity (Wildman–Crippen MR) is 220 cm³/mol. The van der Waals surface area contributed by atoms with Crippen LogP contribution in [-0.4, -0.2) is 32.4 Å². The molecular weight excluding hydrogens is 832 g/mol. The summed E-state index contributed by atoms with van der Waals surface area (Å²) in [5.74, 6) is 1.15. The van der Waals surface area contributed by atoms with E-state index in [0.29, 0.717) is 11.9 Å². The van der Waals surface area contributed by atoms with Gasteiger partial charge >= 0.3 is 74.1 Å². The van der Waals surface area contributed by atoms with Gasteiger partial charge in [0.2, 0.25) is 0 Å². The molecule has 0 saturated carbocycles. The summed E-state index contributed by atoms with van der Waals surface area (Å²) in [6, 6.07) is 37.2. The summed E-state index contributed by atoms with van der Waals surface area (Å²) in [5, 5.41) is 16.9. The van der Waals surface area contributed by atoms with Gasteiger partial charge in [-0.15, -0.1) is 10.2 Å². The van der Waals surface area contributed by atoms with E-state index in [1.54, 1.807) is 12.7 Å². The molecule has 0 saturated heterocycles. The summed E-state index contributed by atoms with van der Waals surface area (Å²) in [7, 11) is 24.4. The Kier molecular flexibility index (Phi) is 17.2. The van der Waals surface area contributed by atoms with Crippen molar-refractivity contribution in [1.29, 1.82) is 0 Å². The number of anilines is 2. The van der Waals surface area contributed by atoms with Crippen molar-refractivity contribution in [3.63, 3.8) is 0 Å². The molecule has 0 spiro atoms. The first kappa shape index (κ1) is 43.5. The van der Waals surface area contributed by atoms with Gasteiger partial charge in [0, 0.05) is 37.6 Å². The molecule has 6 aromatic rings. The number of hydrogen-bond donors (Lipinski definition) is 0. The molecular formula is C38H46Cl4N12Zn. The van der Waals surface area contributed by atoms with Crippen molar-refractivity contribution in [2.24, 2.45) is 48.6 Å². The number of halogens is 4. The normalized spacial score (nSPS) is 11.2. The molecule has 0 aliphatic rings. The topological polar surface area (TPSA) is 99.3 Å². The van der Waals surface area contributed by atoms with E-state index in [2.05, 4.69) is 127 Å². The molecule has 0 aliphatic heterocycles. The van der Waals surface area contributed by atoms with Crippen LogP contribution in [0.15, 0.2) is 142 Å². The second-order valence-electron chi connectivity index (χ2n) is 12.3. The molecule has 288 valence electrons. The minimum atomic E-state index is -3.36. The van der Waals surface area contributed by atoms with Crippen LogP contribution in [0.1, 0.15) is 25.0 Å². The molecule has 2 heterocycles. The maximum absolute atomic E-state index is 5.05. The van der Waals surface area contributed by atoms with Crippen molar-refractivity contribution in [3.05, 3.63) is 133 Å². The maximum atomic E-state index is 5.05. The average molecular weight is 878 g/mol. The van der Waals surface area contributed by atoms with Gasteiger partial charge in [-0.05, 0) is 83.5 Å². The number of azo groups is 2. The van der Waals surface area contributed by atoms with Crippen LogP contribution in [0.4, 0.5) is 34.6 Å². The van der Waals surface area contributed by atoms with Gasteiger partial charge in [-0.3, -0.25) is 0 Å². The Bertz CT molecular complexity index is 1930. The van der Waals surface area contributed by atoms with Crippen LogP contribution < -0.4 is 19.2 Å². The molecule has 2 aromatic heterocycles. The zero-order valence-electron chi connectivity index (χ0n) is 32.0. The van der Waals surface area contributed by atoms with E-state index >= 15 is 0 Å². The van der Waals surface area contributed by atoms with Crippen molar-refractivity contribution < 1.29 is 20.2 Å². The molecule has 0 N–H and O–H groups in total. The zero-order valence-corrected chi connectivity index (χ0v) is 38.0. The van der Waals surface area contributed by atoms with Gasteiger partial charge in [0.25, 0.3) is 0 Å². The van der Waals surface area contributed by atoms with E-state index in [1.807, 2.05) is 83.3 Å². The molecule has 0 aliphatic carbocycles. The van der Waals surface area contributed by atoms with E-state index in [9.17, 15) is 0 Å². The Morgan fingerprint density at radius 2 is 0.873 bits per heavy atom. The molecule has 6 rings (SSSR count). The Morgan fingerprint density at radius 1 is 0.545 bits per heavy atom. The predicted octanol–water partition coefficient (Wildman–Crippen LogP) is 10.1. The molecule has 0 radical (unpaired) electrons. The first-order valence-electron chi connectivity index (χ1n) is 17.8. The van der Waals surface area contributed by atoms with Gasteiger partial charge in [0.05, 0.1) is 25.5 Å². The third-order valence-electron chi connectivity index (χ3n) is 8.34. The first-order chi connectivity index (χ1) is 26.3. The summed E-state index contributed by atoms with van der Waals surface area (Å²) < 4.78 is 7.35. The molecule has 0 fully saturated rings. The van der Waals surface area contributed by atoms with E-state index in [1.165, 1.54) is 22.5 Å². The number of nitrogens with zero attached hydrogens (tertiary/aromatic N) is 12. The van der Waals surface area contributed by atoms with Crippen molar-refractivity contribution in [3.8, 4) is 0 Å². The van der Waals surface area contributed by atoms with Crippen LogP contribution >= 0.6 is 38.8 Å². The number of rotatable bonds is 12. The van der Waals surface area contributed by atoms with Gasteiger partial charge in [-0.1, -0.05) is 70.9 Å². The SMILES string of the molecule is CCN(Cc1ccccc1)c1ccc(N=Nc2nc[n+](C)n2C)cc1.CCN(Cc1ccccc1)c1ccc(N=Nc2nc[n+](C)n2C)cc1.[Cl][Zn-2]([Cl])([Cl])[Cl]. The standard InChI is InChI=1S/2C19H23N6.4ClH.Zn/c2*1-4-25(14-16-8-6-5-7-9-16)18-12-10-17(11-13-18)21-22-19-20-15-23(2)24(19)3;;;;;/h2*5-13,15H,4,14H2,1-3H3;4*1H;/q2*+1;;;;;+2/p-4. The third-order valence-corrected chi connectivity index (χ3v) is 8.34. The van der Waals surface area contributed by atoms with E-state index < -0.39 is 10.8 Å². The first-order valence-corrected chi connectivity index (χ1v) is 33.4. The number of aromatic nitrogens is 6. The third kappa shape index (κ3) is 14.7. The van der Waals surface area contributed by atoms with Crippen LogP contribution in [0.3, 0.4) is 0 Å².